The molecule has 0 saturated heterocycles. The summed E-state index contributed by atoms with van der Waals surface area (Å²) in [6.07, 6.45) is -4.04. The van der Waals surface area contributed by atoms with Crippen LogP contribution in [0.2, 0.25) is 0 Å². The highest BCUT2D eigenvalue weighted by molar-refractivity contribution is 7.83. The monoisotopic (exact) mass is 486 g/mol. The van der Waals surface area contributed by atoms with Crippen molar-refractivity contribution in [2.75, 3.05) is 0 Å². The molecule has 0 fully saturated rings. The Bertz CT molecular complexity index is 1370. The van der Waals surface area contributed by atoms with Crippen molar-refractivity contribution in [2.24, 2.45) is 12.0 Å². The van der Waals surface area contributed by atoms with Crippen molar-refractivity contribution in [1.82, 2.24) is 14.9 Å². The van der Waals surface area contributed by atoms with Gasteiger partial charge in [-0.25, -0.2) is 14.2 Å². The number of thiophene rings is 1. The summed E-state index contributed by atoms with van der Waals surface area (Å²) in [7, 11) is 1.31. The molecule has 2 heterocycles. The summed E-state index contributed by atoms with van der Waals surface area (Å²) in [5.41, 5.74) is -2.08. The number of alkyl halides is 3. The van der Waals surface area contributed by atoms with E-state index in [0.29, 0.717) is 22.5 Å². The standard InChI is InChI=1S/C19H14F4N4O3S2/c1-27-17(29)15-10(7-32-16(15)26-18(27)30)5-14(28)25-8-24-13(6-31)9-2-3-11(12(20)4-9)19(21,22)23/h2-4,6-8,31H,5H2,1H3,(H,26,30)(H,24,25,28)/b13-6-. The van der Waals surface area contributed by atoms with Crippen molar-refractivity contribution >= 4 is 52.1 Å². The molecule has 13 heteroatoms. The van der Waals surface area contributed by atoms with Gasteiger partial charge in [-0.1, -0.05) is 6.07 Å². The Morgan fingerprint density at radius 2 is 2.06 bits per heavy atom. The average Bonchev–Trinajstić information content (AvgIpc) is 3.10. The van der Waals surface area contributed by atoms with Gasteiger partial charge in [-0.3, -0.25) is 19.1 Å². The summed E-state index contributed by atoms with van der Waals surface area (Å²) >= 11 is 5.02. The van der Waals surface area contributed by atoms with Gasteiger partial charge in [0.1, 0.15) is 10.6 Å². The van der Waals surface area contributed by atoms with Crippen LogP contribution >= 0.6 is 24.0 Å². The number of H-pyrrole nitrogens is 1. The molecule has 0 spiro atoms. The second kappa shape index (κ2) is 9.12. The van der Waals surface area contributed by atoms with Gasteiger partial charge in [-0.05, 0) is 28.5 Å². The van der Waals surface area contributed by atoms with Crippen LogP contribution in [0.1, 0.15) is 16.7 Å². The Morgan fingerprint density at radius 1 is 1.34 bits per heavy atom. The van der Waals surface area contributed by atoms with E-state index >= 15 is 0 Å². The van der Waals surface area contributed by atoms with Gasteiger partial charge in [0.15, 0.2) is 0 Å². The molecule has 0 aliphatic carbocycles. The number of nitrogens with one attached hydrogen (secondary N) is 2. The molecule has 7 nitrogen and oxygen atoms in total. The molecule has 2 aromatic heterocycles. The van der Waals surface area contributed by atoms with Crippen molar-refractivity contribution in [2.45, 2.75) is 12.6 Å². The molecule has 0 saturated carbocycles. The van der Waals surface area contributed by atoms with Gasteiger partial charge < -0.3 is 5.32 Å². The summed E-state index contributed by atoms with van der Waals surface area (Å²) in [6, 6.07) is 2.28. The van der Waals surface area contributed by atoms with Gasteiger partial charge in [0.25, 0.3) is 5.56 Å². The van der Waals surface area contributed by atoms with Gasteiger partial charge in [-0.2, -0.15) is 13.2 Å². The lowest BCUT2D eigenvalue weighted by Gasteiger charge is -2.09. The highest BCUT2D eigenvalue weighted by Crippen LogP contribution is 2.32. The van der Waals surface area contributed by atoms with E-state index in [1.165, 1.54) is 7.05 Å². The largest absolute Gasteiger partial charge is 0.419 e. The second-order valence-electron chi connectivity index (χ2n) is 6.47. The lowest BCUT2D eigenvalue weighted by atomic mass is 10.1. The maximum atomic E-state index is 13.8. The first-order valence-corrected chi connectivity index (χ1v) is 10.1. The third kappa shape index (κ3) is 4.83. The van der Waals surface area contributed by atoms with Gasteiger partial charge in [-0.15, -0.1) is 24.0 Å². The number of thiol groups is 1. The van der Waals surface area contributed by atoms with Crippen LogP contribution in [0.25, 0.3) is 15.9 Å². The number of rotatable bonds is 5. The van der Waals surface area contributed by atoms with Gasteiger partial charge >= 0.3 is 11.9 Å². The SMILES string of the molecule is Cn1c(=O)[nH]c2scc(CC(=O)NC=N/C(=C\S)c3ccc(C(F)(F)F)c(F)c3)c2c1=O. The number of nitrogens with zero attached hydrogens (tertiary/aromatic N) is 2. The first-order chi connectivity index (χ1) is 15.0. The molecular formula is C19H14F4N4O3S2. The van der Waals surface area contributed by atoms with Gasteiger partial charge in [0, 0.05) is 12.6 Å². The quantitative estimate of drug-likeness (QED) is 0.224. The Balaban J connectivity index is 1.73. The summed E-state index contributed by atoms with van der Waals surface area (Å²) in [6.45, 7) is 0. The Morgan fingerprint density at radius 3 is 2.69 bits per heavy atom. The third-order valence-electron chi connectivity index (χ3n) is 4.38. The minimum atomic E-state index is -4.83. The van der Waals surface area contributed by atoms with E-state index in [9.17, 15) is 31.9 Å². The molecule has 1 amide bonds. The van der Waals surface area contributed by atoms with E-state index in [2.05, 4.69) is 27.9 Å². The number of benzene rings is 1. The van der Waals surface area contributed by atoms with Crippen molar-refractivity contribution in [3.63, 3.8) is 0 Å². The maximum absolute atomic E-state index is 13.8. The molecule has 168 valence electrons. The third-order valence-corrected chi connectivity index (χ3v) is 5.57. The fraction of sp³-hybridized carbons (Fsp3) is 0.158. The average molecular weight is 486 g/mol. The van der Waals surface area contributed by atoms with E-state index in [0.717, 1.165) is 33.7 Å². The van der Waals surface area contributed by atoms with E-state index in [1.54, 1.807) is 5.38 Å². The van der Waals surface area contributed by atoms with Crippen LogP contribution in [-0.2, 0) is 24.4 Å². The Hall–Kier alpha value is -3.19. The number of hydrogen-bond acceptors (Lipinski definition) is 6. The van der Waals surface area contributed by atoms with E-state index in [-0.39, 0.29) is 23.1 Å². The predicted molar refractivity (Wildman–Crippen MR) is 116 cm³/mol. The zero-order valence-electron chi connectivity index (χ0n) is 16.2. The number of aromatic nitrogens is 2. The van der Waals surface area contributed by atoms with Gasteiger partial charge in [0.2, 0.25) is 5.91 Å². The molecule has 0 bridgehead atoms. The summed E-state index contributed by atoms with van der Waals surface area (Å²) in [4.78, 5) is 43.0. The summed E-state index contributed by atoms with van der Waals surface area (Å²) in [5.74, 6) is -2.01. The van der Waals surface area contributed by atoms with Crippen LogP contribution in [0.5, 0.6) is 0 Å². The number of carbonyl (C=O) groups excluding carboxylic acids is 1. The topological polar surface area (TPSA) is 96.3 Å². The molecular weight excluding hydrogens is 472 g/mol. The second-order valence-corrected chi connectivity index (χ2v) is 7.61. The molecule has 0 atom stereocenters. The van der Waals surface area contributed by atoms with E-state index < -0.39 is 34.7 Å². The number of hydrogen-bond donors (Lipinski definition) is 3. The highest BCUT2D eigenvalue weighted by Gasteiger charge is 2.34. The molecule has 2 N–H and O–H groups in total. The normalized spacial score (nSPS) is 12.6. The molecule has 0 unspecified atom stereocenters. The number of aliphatic imine (C=N–C) groups is 1. The zero-order chi connectivity index (χ0) is 23.6. The zero-order valence-corrected chi connectivity index (χ0v) is 17.9. The van der Waals surface area contributed by atoms with Crippen LogP contribution in [0.3, 0.4) is 0 Å². The minimum Gasteiger partial charge on any atom is -0.317 e. The molecule has 32 heavy (non-hydrogen) atoms. The number of halogens is 4. The smallest absolute Gasteiger partial charge is 0.317 e. The van der Waals surface area contributed by atoms with Crippen LogP contribution in [-0.4, -0.2) is 21.8 Å². The number of amides is 1. The van der Waals surface area contributed by atoms with Crippen LogP contribution in [0.15, 0.2) is 43.6 Å². The minimum absolute atomic E-state index is 0.00804. The molecule has 0 aliphatic heterocycles. The first kappa shape index (κ1) is 23.5. The lowest BCUT2D eigenvalue weighted by Crippen LogP contribution is -2.32. The molecule has 0 aliphatic rings. The van der Waals surface area contributed by atoms with Gasteiger partial charge in [0.05, 0.1) is 29.4 Å². The van der Waals surface area contributed by atoms with Crippen LogP contribution in [0, 0.1) is 5.82 Å². The number of aromatic amines is 1. The highest BCUT2D eigenvalue weighted by atomic mass is 32.1. The fourth-order valence-electron chi connectivity index (χ4n) is 2.78. The summed E-state index contributed by atoms with van der Waals surface area (Å²) < 4.78 is 52.7. The number of fused-ring (bicyclic) bond motifs is 1. The molecule has 0 radical (unpaired) electrons. The maximum Gasteiger partial charge on any atom is 0.419 e. The van der Waals surface area contributed by atoms with E-state index in [1.807, 2.05) is 0 Å². The Kier molecular flexibility index (Phi) is 6.69. The summed E-state index contributed by atoms with van der Waals surface area (Å²) in [5, 5.41) is 5.29. The van der Waals surface area contributed by atoms with Crippen molar-refractivity contribution in [1.29, 1.82) is 0 Å². The Labute approximate surface area is 186 Å². The lowest BCUT2D eigenvalue weighted by molar-refractivity contribution is -0.140. The van der Waals surface area contributed by atoms with E-state index in [4.69, 9.17) is 0 Å². The first-order valence-electron chi connectivity index (χ1n) is 8.75. The van der Waals surface area contributed by atoms with Crippen LogP contribution < -0.4 is 16.6 Å². The number of carbonyl (C=O) groups is 1. The fourth-order valence-corrected chi connectivity index (χ4v) is 3.94. The predicted octanol–water partition coefficient (Wildman–Crippen LogP) is 3.06. The van der Waals surface area contributed by atoms with Crippen molar-refractivity contribution in [3.8, 4) is 0 Å². The van der Waals surface area contributed by atoms with Crippen molar-refractivity contribution < 1.29 is 22.4 Å². The molecule has 1 aromatic carbocycles. The molecule has 3 rings (SSSR count). The van der Waals surface area contributed by atoms with Crippen molar-refractivity contribution in [3.05, 3.63) is 72.3 Å². The van der Waals surface area contributed by atoms with Crippen LogP contribution in [0.4, 0.5) is 17.6 Å². The molecule has 3 aromatic rings.